The molecule has 0 aliphatic heterocycles. The molecule has 4 atom stereocenters. The minimum atomic E-state index is -0.259. The third-order valence-corrected chi connectivity index (χ3v) is 6.72. The van der Waals surface area contributed by atoms with Gasteiger partial charge in [-0.15, -0.1) is 0 Å². The first-order chi connectivity index (χ1) is 16.0. The number of nitrogens with zero attached hydrogens (tertiary/aromatic N) is 2. The largest absolute Gasteiger partial charge is 0.369 e. The zero-order valence-electron chi connectivity index (χ0n) is 18.5. The van der Waals surface area contributed by atoms with Gasteiger partial charge >= 0.3 is 0 Å². The molecule has 3 aliphatic rings. The normalized spacial score (nSPS) is 24.2. The maximum atomic E-state index is 12.1. The minimum Gasteiger partial charge on any atom is -0.369 e. The number of nitrogens with two attached hydrogens (primary N) is 1. The van der Waals surface area contributed by atoms with Crippen LogP contribution in [0, 0.1) is 17.8 Å². The Kier molecular flexibility index (Phi) is 5.68. The Morgan fingerprint density at radius 1 is 1.12 bits per heavy atom. The fraction of sp³-hybridized carbons (Fsp3) is 0.360. The second kappa shape index (κ2) is 8.78. The van der Waals surface area contributed by atoms with Crippen LogP contribution in [0.15, 0.2) is 42.5 Å². The number of amides is 2. The van der Waals surface area contributed by atoms with Crippen molar-refractivity contribution in [2.24, 2.45) is 23.5 Å². The molecule has 170 valence electrons. The highest BCUT2D eigenvalue weighted by Gasteiger charge is 2.47. The zero-order chi connectivity index (χ0) is 22.9. The van der Waals surface area contributed by atoms with Crippen LogP contribution in [0.4, 0.5) is 5.82 Å². The van der Waals surface area contributed by atoms with Gasteiger partial charge in [0, 0.05) is 24.4 Å². The van der Waals surface area contributed by atoms with E-state index in [1.807, 2.05) is 30.3 Å². The second-order valence-corrected chi connectivity index (χ2v) is 8.90. The van der Waals surface area contributed by atoms with Gasteiger partial charge in [0.05, 0.1) is 25.1 Å². The lowest BCUT2D eigenvalue weighted by molar-refractivity contribution is -0.130. The highest BCUT2D eigenvalue weighted by molar-refractivity contribution is 5.80. The van der Waals surface area contributed by atoms with Crippen molar-refractivity contribution in [3.63, 3.8) is 0 Å². The predicted molar refractivity (Wildman–Crippen MR) is 124 cm³/mol. The maximum absolute atomic E-state index is 12.1. The fourth-order valence-electron chi connectivity index (χ4n) is 5.23. The van der Waals surface area contributed by atoms with Crippen molar-refractivity contribution in [2.45, 2.75) is 31.7 Å². The van der Waals surface area contributed by atoms with Crippen molar-refractivity contribution in [3.8, 4) is 0 Å². The Morgan fingerprint density at radius 2 is 1.88 bits per heavy atom. The van der Waals surface area contributed by atoms with Gasteiger partial charge in [-0.2, -0.15) is 0 Å². The van der Waals surface area contributed by atoms with Gasteiger partial charge in [-0.3, -0.25) is 14.4 Å². The van der Waals surface area contributed by atoms with Crippen molar-refractivity contribution in [1.29, 1.82) is 0 Å². The first-order valence-electron chi connectivity index (χ1n) is 11.2. The fourth-order valence-corrected chi connectivity index (χ4v) is 5.23. The Morgan fingerprint density at radius 3 is 2.64 bits per heavy atom. The summed E-state index contributed by atoms with van der Waals surface area (Å²) in [6.45, 7) is 0. The molecule has 1 saturated carbocycles. The molecule has 0 saturated heterocycles. The molecule has 2 bridgehead atoms. The number of anilines is 1. The quantitative estimate of drug-likeness (QED) is 0.422. The number of benzene rings is 1. The van der Waals surface area contributed by atoms with E-state index in [9.17, 15) is 9.59 Å². The minimum absolute atomic E-state index is 0.0455. The van der Waals surface area contributed by atoms with Crippen LogP contribution in [0.5, 0.6) is 0 Å². The monoisotopic (exact) mass is 445 g/mol. The summed E-state index contributed by atoms with van der Waals surface area (Å²) in [5.41, 5.74) is 12.0. The van der Waals surface area contributed by atoms with Gasteiger partial charge < -0.3 is 11.1 Å². The smallest absolute Gasteiger partial charge is 0.247 e. The van der Waals surface area contributed by atoms with E-state index in [4.69, 9.17) is 15.7 Å². The Bertz CT molecular complexity index is 1140. The summed E-state index contributed by atoms with van der Waals surface area (Å²) in [5, 5.41) is 3.56. The highest BCUT2D eigenvalue weighted by atomic mass is 16.6. The number of allylic oxidation sites excluding steroid dienone is 2. The van der Waals surface area contributed by atoms with Gasteiger partial charge in [0.15, 0.2) is 0 Å². The number of primary amides is 1. The highest BCUT2D eigenvalue weighted by Crippen LogP contribution is 2.45. The van der Waals surface area contributed by atoms with E-state index < -0.39 is 0 Å². The molecule has 2 amide bonds. The molecule has 0 radical (unpaired) electrons. The maximum Gasteiger partial charge on any atom is 0.247 e. The number of hydrogen-bond acceptors (Lipinski definition) is 6. The van der Waals surface area contributed by atoms with Crippen LogP contribution in [0.25, 0.3) is 6.08 Å². The first kappa shape index (κ1) is 21.3. The Balaban J connectivity index is 1.35. The molecule has 1 aromatic carbocycles. The van der Waals surface area contributed by atoms with Crippen molar-refractivity contribution in [1.82, 2.24) is 15.4 Å². The van der Waals surface area contributed by atoms with Gasteiger partial charge in [0.25, 0.3) is 0 Å². The molecule has 1 aromatic heterocycles. The zero-order valence-corrected chi connectivity index (χ0v) is 18.5. The van der Waals surface area contributed by atoms with Gasteiger partial charge in [-0.25, -0.2) is 15.4 Å². The summed E-state index contributed by atoms with van der Waals surface area (Å²) in [6.07, 6.45) is 11.0. The molecule has 1 fully saturated rings. The van der Waals surface area contributed by atoms with Crippen LogP contribution in [0.2, 0.25) is 0 Å². The summed E-state index contributed by atoms with van der Waals surface area (Å²) in [6, 6.07) is 7.79. The average Bonchev–Trinajstić information content (AvgIpc) is 3.51. The third kappa shape index (κ3) is 4.26. The average molecular weight is 446 g/mol. The van der Waals surface area contributed by atoms with E-state index >= 15 is 0 Å². The number of hydroxylamine groups is 1. The lowest BCUT2D eigenvalue weighted by Gasteiger charge is -2.28. The summed E-state index contributed by atoms with van der Waals surface area (Å²) < 4.78 is 0. The number of fused-ring (bicyclic) bond motifs is 3. The number of hydrogen-bond donors (Lipinski definition) is 3. The molecule has 4 N–H and O–H groups in total. The van der Waals surface area contributed by atoms with Crippen molar-refractivity contribution in [3.05, 3.63) is 70.7 Å². The van der Waals surface area contributed by atoms with Crippen LogP contribution in [0.1, 0.15) is 34.6 Å². The van der Waals surface area contributed by atoms with E-state index in [2.05, 4.69) is 33.9 Å². The predicted octanol–water partition coefficient (Wildman–Crippen LogP) is 1.94. The summed E-state index contributed by atoms with van der Waals surface area (Å²) in [7, 11) is 1.41. The van der Waals surface area contributed by atoms with Gasteiger partial charge in [0.2, 0.25) is 11.8 Å². The van der Waals surface area contributed by atoms with Crippen molar-refractivity contribution >= 4 is 23.7 Å². The second-order valence-electron chi connectivity index (χ2n) is 8.90. The van der Waals surface area contributed by atoms with Crippen LogP contribution in [0.3, 0.4) is 0 Å². The molecule has 33 heavy (non-hydrogen) atoms. The number of nitrogens with one attached hydrogen (secondary N) is 2. The molecule has 0 spiro atoms. The first-order valence-corrected chi connectivity index (χ1v) is 11.2. The molecule has 8 heteroatoms. The third-order valence-electron chi connectivity index (χ3n) is 6.72. The van der Waals surface area contributed by atoms with E-state index in [0.29, 0.717) is 6.42 Å². The van der Waals surface area contributed by atoms with Gasteiger partial charge in [-0.1, -0.05) is 48.6 Å². The number of rotatable bonds is 8. The lowest BCUT2D eigenvalue weighted by atomic mass is 9.88. The lowest BCUT2D eigenvalue weighted by Crippen LogP contribution is -2.41. The van der Waals surface area contributed by atoms with E-state index in [1.54, 1.807) is 0 Å². The number of carbonyl (C=O) groups excluding carboxylic acids is 2. The van der Waals surface area contributed by atoms with E-state index in [1.165, 1.54) is 7.11 Å². The summed E-state index contributed by atoms with van der Waals surface area (Å²) in [4.78, 5) is 38.1. The Hall–Kier alpha value is -3.52. The topological polar surface area (TPSA) is 119 Å². The molecule has 1 heterocycles. The molecular formula is C25H27N5O3. The standard InChI is InChI=1S/C25H27N5O3/c1-33-30-21(31)12-15-7-5-14(6-8-15)11-20-27-19-4-2-3-18(19)25(28-20)29-23-17-10-9-16(13-17)22(23)24(26)32/h2-3,5-10,16-17,22-23H,4,11-13H2,1H3,(H2,26,32)(H,30,31)(H,27,28,29). The summed E-state index contributed by atoms with van der Waals surface area (Å²) in [5.74, 6) is 1.31. The summed E-state index contributed by atoms with van der Waals surface area (Å²) >= 11 is 0. The van der Waals surface area contributed by atoms with Gasteiger partial charge in [0.1, 0.15) is 11.6 Å². The van der Waals surface area contributed by atoms with Crippen LogP contribution in [-0.2, 0) is 33.7 Å². The van der Waals surface area contributed by atoms with Crippen LogP contribution >= 0.6 is 0 Å². The molecule has 3 aliphatic carbocycles. The van der Waals surface area contributed by atoms with Crippen LogP contribution < -0.4 is 16.5 Å². The van der Waals surface area contributed by atoms with Crippen molar-refractivity contribution < 1.29 is 14.4 Å². The SMILES string of the molecule is CONC(=O)Cc1ccc(Cc2nc3c(c(NC4C5C=CC(C5)C4C(N)=O)n2)C=CC3)cc1. The van der Waals surface area contributed by atoms with E-state index in [0.717, 1.165) is 46.9 Å². The molecule has 5 rings (SSSR count). The Labute approximate surface area is 192 Å². The number of carbonyl (C=O) groups is 2. The number of aromatic nitrogens is 2. The van der Waals surface area contributed by atoms with Gasteiger partial charge in [-0.05, 0) is 29.4 Å². The molecule has 4 unspecified atom stereocenters. The van der Waals surface area contributed by atoms with Crippen molar-refractivity contribution in [2.75, 3.05) is 12.4 Å². The molecular weight excluding hydrogens is 418 g/mol. The van der Waals surface area contributed by atoms with Crippen LogP contribution in [-0.4, -0.2) is 34.9 Å². The van der Waals surface area contributed by atoms with E-state index in [-0.39, 0.29) is 42.0 Å². The molecule has 2 aromatic rings. The molecule has 8 nitrogen and oxygen atoms in total.